The Balaban J connectivity index is 2.04. The second-order valence-electron chi connectivity index (χ2n) is 4.57. The number of nitrogens with zero attached hydrogens (tertiary/aromatic N) is 3. The molecule has 0 atom stereocenters. The highest BCUT2D eigenvalue weighted by molar-refractivity contribution is 7.98. The molecule has 1 saturated carbocycles. The van der Waals surface area contributed by atoms with Crippen LogP contribution in [-0.4, -0.2) is 15.5 Å². The zero-order valence-corrected chi connectivity index (χ0v) is 10.1. The monoisotopic (exact) mass is 233 g/mol. The normalized spacial score (nSPS) is 20.7. The molecule has 0 bridgehead atoms. The van der Waals surface area contributed by atoms with Gasteiger partial charge in [-0.2, -0.15) is 22.1 Å². The van der Waals surface area contributed by atoms with Gasteiger partial charge in [-0.15, -0.1) is 0 Å². The van der Waals surface area contributed by atoms with E-state index in [1.165, 1.54) is 36.9 Å². The lowest BCUT2D eigenvalue weighted by Gasteiger charge is -2.10. The summed E-state index contributed by atoms with van der Waals surface area (Å²) in [7, 11) is 0. The molecule has 16 heavy (non-hydrogen) atoms. The molecule has 0 unspecified atom stereocenters. The molecule has 3 rings (SSSR count). The number of hydrogen-bond donors (Lipinski definition) is 0. The van der Waals surface area contributed by atoms with Gasteiger partial charge in [0.05, 0.1) is 11.7 Å². The van der Waals surface area contributed by atoms with Crippen LogP contribution in [0.3, 0.4) is 0 Å². The van der Waals surface area contributed by atoms with Crippen molar-refractivity contribution in [2.45, 2.75) is 43.9 Å². The van der Waals surface area contributed by atoms with Crippen molar-refractivity contribution >= 4 is 11.8 Å². The lowest BCUT2D eigenvalue weighted by molar-refractivity contribution is 0.460. The number of rotatable bonds is 1. The van der Waals surface area contributed by atoms with Gasteiger partial charge < -0.3 is 0 Å². The molecular formula is C12H15N3S. The lowest BCUT2D eigenvalue weighted by Crippen LogP contribution is -2.09. The van der Waals surface area contributed by atoms with Crippen LogP contribution in [-0.2, 0) is 12.2 Å². The van der Waals surface area contributed by atoms with Gasteiger partial charge in [-0.1, -0.05) is 12.8 Å². The predicted octanol–water partition coefficient (Wildman–Crippen LogP) is 2.66. The highest BCUT2D eigenvalue weighted by Gasteiger charge is 2.26. The topological polar surface area (TPSA) is 41.6 Å². The van der Waals surface area contributed by atoms with E-state index in [1.54, 1.807) is 0 Å². The molecule has 3 nitrogen and oxygen atoms in total. The quantitative estimate of drug-likeness (QED) is 0.749. The highest BCUT2D eigenvalue weighted by atomic mass is 32.2. The van der Waals surface area contributed by atoms with E-state index in [0.717, 1.165) is 23.6 Å². The maximum absolute atomic E-state index is 9.31. The Hall–Kier alpha value is -0.950. The SMILES string of the molecule is N#Cc1c2c(nn1C1CCCC1)CSCC2. The van der Waals surface area contributed by atoms with Gasteiger partial charge >= 0.3 is 0 Å². The molecule has 1 fully saturated rings. The summed E-state index contributed by atoms with van der Waals surface area (Å²) in [6.07, 6.45) is 5.99. The van der Waals surface area contributed by atoms with E-state index in [4.69, 9.17) is 0 Å². The second-order valence-corrected chi connectivity index (χ2v) is 5.68. The van der Waals surface area contributed by atoms with Gasteiger partial charge in [0.2, 0.25) is 0 Å². The summed E-state index contributed by atoms with van der Waals surface area (Å²) < 4.78 is 2.03. The van der Waals surface area contributed by atoms with Crippen molar-refractivity contribution in [2.75, 3.05) is 5.75 Å². The van der Waals surface area contributed by atoms with Crippen LogP contribution in [0.4, 0.5) is 0 Å². The molecule has 84 valence electrons. The van der Waals surface area contributed by atoms with Crippen LogP contribution in [0.15, 0.2) is 0 Å². The number of nitriles is 1. The van der Waals surface area contributed by atoms with Gasteiger partial charge in [-0.25, -0.2) is 0 Å². The first-order valence-electron chi connectivity index (χ1n) is 5.98. The highest BCUT2D eigenvalue weighted by Crippen LogP contribution is 2.34. The Kier molecular flexibility index (Phi) is 2.64. The summed E-state index contributed by atoms with van der Waals surface area (Å²) in [5, 5.41) is 14.0. The van der Waals surface area contributed by atoms with E-state index >= 15 is 0 Å². The van der Waals surface area contributed by atoms with Gasteiger partial charge in [0.1, 0.15) is 11.8 Å². The zero-order chi connectivity index (χ0) is 11.0. The van der Waals surface area contributed by atoms with Crippen molar-refractivity contribution < 1.29 is 0 Å². The number of aromatic nitrogens is 2. The van der Waals surface area contributed by atoms with E-state index in [-0.39, 0.29) is 0 Å². The average molecular weight is 233 g/mol. The van der Waals surface area contributed by atoms with E-state index in [0.29, 0.717) is 6.04 Å². The molecule has 0 saturated heterocycles. The van der Waals surface area contributed by atoms with Crippen molar-refractivity contribution in [1.82, 2.24) is 9.78 Å². The van der Waals surface area contributed by atoms with Crippen molar-refractivity contribution in [3.05, 3.63) is 17.0 Å². The fourth-order valence-electron chi connectivity index (χ4n) is 2.77. The van der Waals surface area contributed by atoms with E-state index in [1.807, 2.05) is 16.4 Å². The smallest absolute Gasteiger partial charge is 0.142 e. The third-order valence-corrected chi connectivity index (χ3v) is 4.57. The average Bonchev–Trinajstić information content (AvgIpc) is 2.95. The first-order chi connectivity index (χ1) is 7.90. The van der Waals surface area contributed by atoms with Gasteiger partial charge in [-0.3, -0.25) is 4.68 Å². The number of fused-ring (bicyclic) bond motifs is 1. The molecule has 2 heterocycles. The number of thioether (sulfide) groups is 1. The fourth-order valence-corrected chi connectivity index (χ4v) is 3.69. The minimum absolute atomic E-state index is 0.491. The van der Waals surface area contributed by atoms with E-state index in [2.05, 4.69) is 11.2 Å². The molecule has 1 aliphatic carbocycles. The first kappa shape index (κ1) is 10.2. The Morgan fingerprint density at radius 1 is 1.38 bits per heavy atom. The zero-order valence-electron chi connectivity index (χ0n) is 9.28. The number of hydrogen-bond acceptors (Lipinski definition) is 3. The lowest BCUT2D eigenvalue weighted by atomic mass is 10.1. The van der Waals surface area contributed by atoms with Crippen LogP contribution in [0.25, 0.3) is 0 Å². The van der Waals surface area contributed by atoms with E-state index < -0.39 is 0 Å². The van der Waals surface area contributed by atoms with Gasteiger partial charge in [0.15, 0.2) is 0 Å². The fraction of sp³-hybridized carbons (Fsp3) is 0.667. The summed E-state index contributed by atoms with van der Waals surface area (Å²) in [5.41, 5.74) is 3.25. The summed E-state index contributed by atoms with van der Waals surface area (Å²) in [6, 6.07) is 2.86. The Morgan fingerprint density at radius 2 is 2.19 bits per heavy atom. The predicted molar refractivity (Wildman–Crippen MR) is 64.3 cm³/mol. The summed E-state index contributed by atoms with van der Waals surface area (Å²) in [4.78, 5) is 0. The molecule has 0 radical (unpaired) electrons. The third-order valence-electron chi connectivity index (χ3n) is 3.60. The molecular weight excluding hydrogens is 218 g/mol. The summed E-state index contributed by atoms with van der Waals surface area (Å²) in [5.74, 6) is 2.13. The molecule has 0 amide bonds. The van der Waals surface area contributed by atoms with E-state index in [9.17, 15) is 5.26 Å². The van der Waals surface area contributed by atoms with Crippen molar-refractivity contribution in [3.8, 4) is 6.07 Å². The largest absolute Gasteiger partial charge is 0.251 e. The standard InChI is InChI=1S/C12H15N3S/c13-7-12-10-5-6-16-8-11(10)14-15(12)9-3-1-2-4-9/h9H,1-6,8H2. The van der Waals surface area contributed by atoms with Crippen LogP contribution >= 0.6 is 11.8 Å². The maximum Gasteiger partial charge on any atom is 0.142 e. The van der Waals surface area contributed by atoms with Crippen LogP contribution in [0.2, 0.25) is 0 Å². The first-order valence-corrected chi connectivity index (χ1v) is 7.13. The molecule has 1 aromatic heterocycles. The van der Waals surface area contributed by atoms with Crippen LogP contribution in [0, 0.1) is 11.3 Å². The second kappa shape index (κ2) is 4.14. The molecule has 4 heteroatoms. The maximum atomic E-state index is 9.31. The Labute approximate surface area is 99.8 Å². The molecule has 1 aromatic rings. The molecule has 2 aliphatic rings. The van der Waals surface area contributed by atoms with Crippen molar-refractivity contribution in [1.29, 1.82) is 5.26 Å². The minimum Gasteiger partial charge on any atom is -0.251 e. The molecule has 0 aromatic carbocycles. The minimum atomic E-state index is 0.491. The molecule has 0 spiro atoms. The summed E-state index contributed by atoms with van der Waals surface area (Å²) in [6.45, 7) is 0. The molecule has 0 N–H and O–H groups in total. The van der Waals surface area contributed by atoms with Crippen LogP contribution < -0.4 is 0 Å². The van der Waals surface area contributed by atoms with Crippen LogP contribution in [0.5, 0.6) is 0 Å². The Bertz CT molecular complexity index is 438. The summed E-state index contributed by atoms with van der Waals surface area (Å²) >= 11 is 1.93. The molecule has 1 aliphatic heterocycles. The van der Waals surface area contributed by atoms with Crippen molar-refractivity contribution in [3.63, 3.8) is 0 Å². The van der Waals surface area contributed by atoms with Gasteiger partial charge in [0.25, 0.3) is 0 Å². The van der Waals surface area contributed by atoms with Crippen LogP contribution in [0.1, 0.15) is 48.7 Å². The van der Waals surface area contributed by atoms with Gasteiger partial charge in [-0.05, 0) is 25.0 Å². The van der Waals surface area contributed by atoms with Crippen molar-refractivity contribution in [2.24, 2.45) is 0 Å². The Morgan fingerprint density at radius 3 is 2.94 bits per heavy atom. The third kappa shape index (κ3) is 1.54. The van der Waals surface area contributed by atoms with Gasteiger partial charge in [0, 0.05) is 11.3 Å².